The molecule has 0 aliphatic heterocycles. The number of aliphatic hydroxyl groups is 1. The minimum absolute atomic E-state index is 0.453. The number of thioether (sulfide) groups is 1. The van der Waals surface area contributed by atoms with Gasteiger partial charge in [0.1, 0.15) is 0 Å². The van der Waals surface area contributed by atoms with Gasteiger partial charge in [-0.05, 0) is 25.5 Å². The highest BCUT2D eigenvalue weighted by Crippen LogP contribution is 2.24. The number of aliphatic hydroxyl groups excluding tert-OH is 1. The molecular formula is C15H17NOS. The summed E-state index contributed by atoms with van der Waals surface area (Å²) in [5.41, 5.74) is 3.10. The first kappa shape index (κ1) is 13.1. The maximum Gasteiger partial charge on any atom is 0.0966 e. The molecule has 94 valence electrons. The van der Waals surface area contributed by atoms with Crippen LogP contribution in [-0.4, -0.2) is 10.1 Å². The molecule has 0 spiro atoms. The van der Waals surface area contributed by atoms with Crippen molar-refractivity contribution in [3.63, 3.8) is 0 Å². The number of aromatic nitrogens is 1. The smallest absolute Gasteiger partial charge is 0.0966 e. The van der Waals surface area contributed by atoms with Gasteiger partial charge in [-0.2, -0.15) is 0 Å². The minimum Gasteiger partial charge on any atom is -0.389 e. The van der Waals surface area contributed by atoms with E-state index in [1.165, 1.54) is 5.56 Å². The first-order valence-electron chi connectivity index (χ1n) is 5.99. The third-order valence-electron chi connectivity index (χ3n) is 2.78. The van der Waals surface area contributed by atoms with Crippen LogP contribution in [0.1, 0.15) is 29.8 Å². The zero-order valence-electron chi connectivity index (χ0n) is 10.6. The van der Waals surface area contributed by atoms with E-state index in [2.05, 4.69) is 17.1 Å². The van der Waals surface area contributed by atoms with E-state index in [-0.39, 0.29) is 0 Å². The predicted octanol–water partition coefficient (Wildman–Crippen LogP) is 3.74. The van der Waals surface area contributed by atoms with Gasteiger partial charge in [0.2, 0.25) is 0 Å². The molecule has 0 unspecified atom stereocenters. The number of pyridine rings is 1. The number of nitrogens with zero attached hydrogens (tertiary/aromatic N) is 1. The molecule has 1 N–H and O–H groups in total. The molecular weight excluding hydrogens is 242 g/mol. The lowest BCUT2D eigenvalue weighted by Gasteiger charge is -2.09. The minimum atomic E-state index is -0.453. The molecule has 0 saturated carbocycles. The quantitative estimate of drug-likeness (QED) is 0.849. The van der Waals surface area contributed by atoms with E-state index in [0.29, 0.717) is 0 Å². The third kappa shape index (κ3) is 3.34. The molecule has 1 atom stereocenters. The van der Waals surface area contributed by atoms with Gasteiger partial charge in [-0.15, -0.1) is 11.8 Å². The van der Waals surface area contributed by atoms with Gasteiger partial charge in [-0.25, -0.2) is 4.98 Å². The van der Waals surface area contributed by atoms with Gasteiger partial charge in [-0.1, -0.05) is 36.4 Å². The molecule has 0 bridgehead atoms. The standard InChI is InChI=1S/C15H17NOS/c1-11-14(12(2)17)8-9-15(16-11)18-10-13-6-4-3-5-7-13/h3-9,12,17H,10H2,1-2H3/t12-/m0/s1. The summed E-state index contributed by atoms with van der Waals surface area (Å²) >= 11 is 1.72. The summed E-state index contributed by atoms with van der Waals surface area (Å²) in [6, 6.07) is 14.3. The van der Waals surface area contributed by atoms with Crippen molar-refractivity contribution >= 4 is 11.8 Å². The molecule has 3 heteroatoms. The zero-order valence-corrected chi connectivity index (χ0v) is 11.4. The van der Waals surface area contributed by atoms with Crippen molar-refractivity contribution in [2.45, 2.75) is 30.7 Å². The number of rotatable bonds is 4. The molecule has 1 aromatic heterocycles. The van der Waals surface area contributed by atoms with Crippen molar-refractivity contribution in [1.29, 1.82) is 0 Å². The van der Waals surface area contributed by atoms with Crippen LogP contribution in [0.5, 0.6) is 0 Å². The highest BCUT2D eigenvalue weighted by atomic mass is 32.2. The average Bonchev–Trinajstić information content (AvgIpc) is 2.37. The van der Waals surface area contributed by atoms with E-state index in [0.717, 1.165) is 22.0 Å². The number of hydrogen-bond acceptors (Lipinski definition) is 3. The molecule has 0 saturated heterocycles. The summed E-state index contributed by atoms with van der Waals surface area (Å²) in [5, 5.41) is 10.6. The second-order valence-corrected chi connectivity index (χ2v) is 5.27. The third-order valence-corrected chi connectivity index (χ3v) is 3.78. The SMILES string of the molecule is Cc1nc(SCc2ccccc2)ccc1[C@H](C)O. The van der Waals surface area contributed by atoms with Gasteiger partial charge >= 0.3 is 0 Å². The Morgan fingerprint density at radius 1 is 1.17 bits per heavy atom. The van der Waals surface area contributed by atoms with Gasteiger partial charge in [0.25, 0.3) is 0 Å². The van der Waals surface area contributed by atoms with Crippen LogP contribution in [0.15, 0.2) is 47.5 Å². The largest absolute Gasteiger partial charge is 0.389 e. The Bertz CT molecular complexity index is 511. The van der Waals surface area contributed by atoms with Crippen LogP contribution in [0.4, 0.5) is 0 Å². The fraction of sp³-hybridized carbons (Fsp3) is 0.267. The Balaban J connectivity index is 2.05. The van der Waals surface area contributed by atoms with Crippen molar-refractivity contribution in [2.75, 3.05) is 0 Å². The fourth-order valence-electron chi connectivity index (χ4n) is 1.80. The van der Waals surface area contributed by atoms with Gasteiger partial charge in [-0.3, -0.25) is 0 Å². The summed E-state index contributed by atoms with van der Waals surface area (Å²) in [7, 11) is 0. The molecule has 1 heterocycles. The number of benzene rings is 1. The predicted molar refractivity (Wildman–Crippen MR) is 75.6 cm³/mol. The lowest BCUT2D eigenvalue weighted by atomic mass is 10.1. The summed E-state index contributed by atoms with van der Waals surface area (Å²) in [5.74, 6) is 0.918. The van der Waals surface area contributed by atoms with Crippen LogP contribution in [0, 0.1) is 6.92 Å². The van der Waals surface area contributed by atoms with E-state index < -0.39 is 6.10 Å². The van der Waals surface area contributed by atoms with Crippen LogP contribution in [0.3, 0.4) is 0 Å². The van der Waals surface area contributed by atoms with Gasteiger partial charge in [0, 0.05) is 17.0 Å². The zero-order chi connectivity index (χ0) is 13.0. The molecule has 2 nitrogen and oxygen atoms in total. The second-order valence-electron chi connectivity index (χ2n) is 4.27. The van der Waals surface area contributed by atoms with Crippen molar-refractivity contribution in [3.05, 3.63) is 59.3 Å². The van der Waals surface area contributed by atoms with Gasteiger partial charge < -0.3 is 5.11 Å². The van der Waals surface area contributed by atoms with Crippen LogP contribution in [-0.2, 0) is 5.75 Å². The van der Waals surface area contributed by atoms with Crippen molar-refractivity contribution in [3.8, 4) is 0 Å². The van der Waals surface area contributed by atoms with E-state index in [4.69, 9.17) is 0 Å². The normalized spacial score (nSPS) is 12.4. The monoisotopic (exact) mass is 259 g/mol. The molecule has 18 heavy (non-hydrogen) atoms. The van der Waals surface area contributed by atoms with Crippen molar-refractivity contribution in [2.24, 2.45) is 0 Å². The number of hydrogen-bond donors (Lipinski definition) is 1. The molecule has 0 aliphatic rings. The van der Waals surface area contributed by atoms with Gasteiger partial charge in [0.05, 0.1) is 11.1 Å². The van der Waals surface area contributed by atoms with Crippen LogP contribution in [0.2, 0.25) is 0 Å². The highest BCUT2D eigenvalue weighted by molar-refractivity contribution is 7.98. The lowest BCUT2D eigenvalue weighted by Crippen LogP contribution is -1.98. The van der Waals surface area contributed by atoms with Crippen LogP contribution >= 0.6 is 11.8 Å². The topological polar surface area (TPSA) is 33.1 Å². The molecule has 1 aromatic carbocycles. The molecule has 0 aliphatic carbocycles. The first-order chi connectivity index (χ1) is 8.66. The Labute approximate surface area is 112 Å². The Kier molecular flexibility index (Phi) is 4.39. The molecule has 2 rings (SSSR count). The number of aryl methyl sites for hydroxylation is 1. The summed E-state index contributed by atoms with van der Waals surface area (Å²) < 4.78 is 0. The average molecular weight is 259 g/mol. The van der Waals surface area contributed by atoms with E-state index in [1.54, 1.807) is 18.7 Å². The van der Waals surface area contributed by atoms with E-state index >= 15 is 0 Å². The van der Waals surface area contributed by atoms with Crippen LogP contribution < -0.4 is 0 Å². The van der Waals surface area contributed by atoms with Crippen molar-refractivity contribution < 1.29 is 5.11 Å². The fourth-order valence-corrected chi connectivity index (χ4v) is 2.67. The maximum absolute atomic E-state index is 9.56. The van der Waals surface area contributed by atoms with Gasteiger partial charge in [0.15, 0.2) is 0 Å². The van der Waals surface area contributed by atoms with Crippen molar-refractivity contribution in [1.82, 2.24) is 4.98 Å². The lowest BCUT2D eigenvalue weighted by molar-refractivity contribution is 0.198. The van der Waals surface area contributed by atoms with Crippen LogP contribution in [0.25, 0.3) is 0 Å². The highest BCUT2D eigenvalue weighted by Gasteiger charge is 2.07. The Morgan fingerprint density at radius 3 is 2.50 bits per heavy atom. The summed E-state index contributed by atoms with van der Waals surface area (Å²) in [6.45, 7) is 3.70. The first-order valence-corrected chi connectivity index (χ1v) is 6.97. The molecule has 0 radical (unpaired) electrons. The maximum atomic E-state index is 9.56. The Hall–Kier alpha value is -1.32. The molecule has 2 aromatic rings. The Morgan fingerprint density at radius 2 is 1.89 bits per heavy atom. The second kappa shape index (κ2) is 6.03. The summed E-state index contributed by atoms with van der Waals surface area (Å²) in [4.78, 5) is 4.51. The van der Waals surface area contributed by atoms with E-state index in [1.807, 2.05) is 37.3 Å². The molecule has 0 fully saturated rings. The molecule has 0 amide bonds. The van der Waals surface area contributed by atoms with E-state index in [9.17, 15) is 5.11 Å². The summed E-state index contributed by atoms with van der Waals surface area (Å²) in [6.07, 6.45) is -0.453.